The summed E-state index contributed by atoms with van der Waals surface area (Å²) in [7, 11) is 0. The van der Waals surface area contributed by atoms with E-state index >= 15 is 0 Å². The Labute approximate surface area is 271 Å². The molecule has 3 aliphatic heterocycles. The number of anilines is 2. The van der Waals surface area contributed by atoms with Gasteiger partial charge in [-0.25, -0.2) is 4.98 Å². The van der Waals surface area contributed by atoms with Gasteiger partial charge in [-0.05, 0) is 49.6 Å². The molecule has 2 fully saturated rings. The largest absolute Gasteiger partial charge is 0.385 e. The first kappa shape index (κ1) is 30.5. The lowest BCUT2D eigenvalue weighted by Crippen LogP contribution is -2.54. The van der Waals surface area contributed by atoms with Crippen LogP contribution in [0.4, 0.5) is 11.4 Å². The summed E-state index contributed by atoms with van der Waals surface area (Å²) < 4.78 is 7.47. The first-order valence-corrected chi connectivity index (χ1v) is 16.2. The van der Waals surface area contributed by atoms with Crippen LogP contribution in [0, 0.1) is 0 Å². The summed E-state index contributed by atoms with van der Waals surface area (Å²) in [5, 5.41) is 10.1. The van der Waals surface area contributed by atoms with Crippen LogP contribution < -0.4 is 15.5 Å². The number of morpholine rings is 1. The van der Waals surface area contributed by atoms with Gasteiger partial charge in [0.15, 0.2) is 0 Å². The Morgan fingerprint density at radius 3 is 2.62 bits per heavy atom. The van der Waals surface area contributed by atoms with Gasteiger partial charge in [-0.3, -0.25) is 39.1 Å². The van der Waals surface area contributed by atoms with Crippen LogP contribution in [-0.4, -0.2) is 87.2 Å². The first-order chi connectivity index (χ1) is 23.0. The lowest BCUT2D eigenvalue weighted by molar-refractivity contribution is -0.136. The number of fused-ring (bicyclic) bond motifs is 2. The van der Waals surface area contributed by atoms with Gasteiger partial charge in [0.1, 0.15) is 11.6 Å². The number of aromatic nitrogens is 4. The van der Waals surface area contributed by atoms with E-state index < -0.39 is 29.7 Å². The van der Waals surface area contributed by atoms with Crippen molar-refractivity contribution in [1.29, 1.82) is 0 Å². The number of para-hydroxylation sites is 1. The van der Waals surface area contributed by atoms with Crippen LogP contribution in [-0.2, 0) is 20.9 Å². The Morgan fingerprint density at radius 2 is 1.77 bits per heavy atom. The number of nitrogens with zero attached hydrogens (tertiary/aromatic N) is 6. The van der Waals surface area contributed by atoms with Crippen molar-refractivity contribution in [3.8, 4) is 11.3 Å². The number of benzene rings is 2. The molecular formula is C34H36N8O5. The second-order valence-corrected chi connectivity index (χ2v) is 12.0. The predicted molar refractivity (Wildman–Crippen MR) is 174 cm³/mol. The van der Waals surface area contributed by atoms with Gasteiger partial charge >= 0.3 is 0 Å². The zero-order valence-corrected chi connectivity index (χ0v) is 26.0. The number of aryl methyl sites for hydroxylation is 1. The molecule has 2 saturated heterocycles. The Morgan fingerprint density at radius 1 is 0.936 bits per heavy atom. The van der Waals surface area contributed by atoms with Crippen molar-refractivity contribution in [3.63, 3.8) is 0 Å². The highest BCUT2D eigenvalue weighted by atomic mass is 16.5. The van der Waals surface area contributed by atoms with Crippen molar-refractivity contribution < 1.29 is 23.9 Å². The van der Waals surface area contributed by atoms with E-state index in [1.807, 2.05) is 35.4 Å². The van der Waals surface area contributed by atoms with Crippen molar-refractivity contribution in [1.82, 2.24) is 30.0 Å². The van der Waals surface area contributed by atoms with E-state index in [-0.39, 0.29) is 24.0 Å². The fourth-order valence-electron chi connectivity index (χ4n) is 6.40. The molecule has 5 heterocycles. The van der Waals surface area contributed by atoms with Crippen LogP contribution >= 0.6 is 0 Å². The topological polar surface area (TPSA) is 152 Å². The van der Waals surface area contributed by atoms with Gasteiger partial charge < -0.3 is 15.0 Å². The number of nitrogens with one attached hydrogen (secondary N) is 2. The Kier molecular flexibility index (Phi) is 8.62. The summed E-state index contributed by atoms with van der Waals surface area (Å²) >= 11 is 0. The lowest BCUT2D eigenvalue weighted by atomic mass is 10.0. The quantitative estimate of drug-likeness (QED) is 0.185. The number of carbonyl (C=O) groups excluding carboxylic acids is 4. The third-order valence-corrected chi connectivity index (χ3v) is 8.92. The average Bonchev–Trinajstić information content (AvgIpc) is 3.66. The van der Waals surface area contributed by atoms with Gasteiger partial charge in [0.05, 0.1) is 53.6 Å². The molecule has 0 bridgehead atoms. The molecule has 2 aromatic heterocycles. The number of hydrogen-bond donors (Lipinski definition) is 2. The molecule has 0 aliphatic carbocycles. The van der Waals surface area contributed by atoms with E-state index in [2.05, 4.69) is 31.7 Å². The zero-order valence-electron chi connectivity index (χ0n) is 26.0. The molecular weight excluding hydrogens is 600 g/mol. The second-order valence-electron chi connectivity index (χ2n) is 12.0. The highest BCUT2D eigenvalue weighted by molar-refractivity contribution is 6.23. The van der Waals surface area contributed by atoms with Gasteiger partial charge in [0.25, 0.3) is 11.8 Å². The third kappa shape index (κ3) is 6.30. The van der Waals surface area contributed by atoms with Crippen molar-refractivity contribution in [3.05, 3.63) is 66.1 Å². The van der Waals surface area contributed by atoms with Gasteiger partial charge in [0, 0.05) is 50.0 Å². The van der Waals surface area contributed by atoms with Crippen molar-refractivity contribution >= 4 is 46.0 Å². The smallest absolute Gasteiger partial charge is 0.262 e. The van der Waals surface area contributed by atoms with Gasteiger partial charge in [-0.1, -0.05) is 18.9 Å². The van der Waals surface area contributed by atoms with E-state index in [1.54, 1.807) is 18.2 Å². The van der Waals surface area contributed by atoms with Crippen molar-refractivity contribution in [2.45, 2.75) is 51.1 Å². The van der Waals surface area contributed by atoms with Crippen LogP contribution in [0.3, 0.4) is 0 Å². The molecule has 0 saturated carbocycles. The Hall–Kier alpha value is -5.17. The van der Waals surface area contributed by atoms with Gasteiger partial charge in [0.2, 0.25) is 11.8 Å². The SMILES string of the molecule is O=C1CCC(N2C(=O)c3ccc(NCCCCCCn4cc(-c5cnc6cccc(N7CCOCC7)c6n5)cn4)cc3C2=O)C(=O)N1. The lowest BCUT2D eigenvalue weighted by Gasteiger charge is -2.29. The molecule has 4 aromatic rings. The maximum Gasteiger partial charge on any atom is 0.262 e. The van der Waals surface area contributed by atoms with Crippen LogP contribution in [0.25, 0.3) is 22.3 Å². The summed E-state index contributed by atoms with van der Waals surface area (Å²) in [4.78, 5) is 62.7. The molecule has 13 nitrogen and oxygen atoms in total. The molecule has 2 aromatic carbocycles. The maximum absolute atomic E-state index is 13.1. The van der Waals surface area contributed by atoms with Crippen molar-refractivity contribution in [2.24, 2.45) is 0 Å². The number of carbonyl (C=O) groups is 4. The van der Waals surface area contributed by atoms with E-state index in [0.717, 1.165) is 90.4 Å². The van der Waals surface area contributed by atoms with Gasteiger partial charge in [-0.15, -0.1) is 0 Å². The van der Waals surface area contributed by atoms with Crippen LogP contribution in [0.2, 0.25) is 0 Å². The molecule has 7 rings (SSSR count). The number of ether oxygens (including phenoxy) is 1. The fourth-order valence-corrected chi connectivity index (χ4v) is 6.40. The molecule has 242 valence electrons. The highest BCUT2D eigenvalue weighted by Gasteiger charge is 2.44. The number of rotatable bonds is 11. The Balaban J connectivity index is 0.872. The molecule has 1 atom stereocenters. The average molecular weight is 637 g/mol. The molecule has 4 amide bonds. The summed E-state index contributed by atoms with van der Waals surface area (Å²) in [6.07, 6.45) is 9.89. The zero-order chi connectivity index (χ0) is 32.3. The van der Waals surface area contributed by atoms with Crippen LogP contribution in [0.5, 0.6) is 0 Å². The number of hydrogen-bond acceptors (Lipinski definition) is 10. The third-order valence-electron chi connectivity index (χ3n) is 8.92. The fraction of sp³-hybridized carbons (Fsp3) is 0.382. The monoisotopic (exact) mass is 636 g/mol. The number of unbranched alkanes of at least 4 members (excludes halogenated alkanes) is 3. The minimum absolute atomic E-state index is 0.0941. The number of imide groups is 2. The minimum atomic E-state index is -0.967. The highest BCUT2D eigenvalue weighted by Crippen LogP contribution is 2.30. The minimum Gasteiger partial charge on any atom is -0.385 e. The van der Waals surface area contributed by atoms with Crippen LogP contribution in [0.1, 0.15) is 59.2 Å². The molecule has 1 unspecified atom stereocenters. The molecule has 0 spiro atoms. The number of piperidine rings is 1. The van der Waals surface area contributed by atoms with Crippen LogP contribution in [0.15, 0.2) is 55.0 Å². The van der Waals surface area contributed by atoms with E-state index in [9.17, 15) is 19.2 Å². The molecule has 0 radical (unpaired) electrons. The number of amides is 4. The predicted octanol–water partition coefficient (Wildman–Crippen LogP) is 3.40. The Bertz CT molecular complexity index is 1850. The summed E-state index contributed by atoms with van der Waals surface area (Å²) in [5.41, 5.74) is 5.88. The maximum atomic E-state index is 13.1. The summed E-state index contributed by atoms with van der Waals surface area (Å²) in [6, 6.07) is 10.2. The normalized spacial score (nSPS) is 18.2. The molecule has 47 heavy (non-hydrogen) atoms. The second kappa shape index (κ2) is 13.3. The van der Waals surface area contributed by atoms with E-state index in [1.165, 1.54) is 0 Å². The van der Waals surface area contributed by atoms with E-state index in [4.69, 9.17) is 9.72 Å². The standard InChI is InChI=1S/C34H36N8O5/c43-30-11-10-29(32(44)39-30)42-33(45)24-9-8-23(18-25(24)34(42)46)35-12-3-1-2-4-13-41-21-22(19-37-41)27-20-36-26-6-5-7-28(31(26)38-27)40-14-16-47-17-15-40/h5-9,18-21,29,35H,1-4,10-17H2,(H,39,43,44). The van der Waals surface area contributed by atoms with Crippen molar-refractivity contribution in [2.75, 3.05) is 43.1 Å². The summed E-state index contributed by atoms with van der Waals surface area (Å²) in [5.74, 6) is -2.01. The molecule has 13 heteroatoms. The first-order valence-electron chi connectivity index (χ1n) is 16.2. The molecule has 3 aliphatic rings. The van der Waals surface area contributed by atoms with Gasteiger partial charge in [-0.2, -0.15) is 5.10 Å². The van der Waals surface area contributed by atoms with E-state index in [0.29, 0.717) is 13.2 Å². The summed E-state index contributed by atoms with van der Waals surface area (Å²) in [6.45, 7) is 4.62. The molecule has 2 N–H and O–H groups in total.